The Morgan fingerprint density at radius 2 is 1.43 bits per heavy atom. The van der Waals surface area contributed by atoms with Crippen molar-refractivity contribution < 1.29 is 28.8 Å². The van der Waals surface area contributed by atoms with Gasteiger partial charge in [-0.3, -0.25) is 33.8 Å². The Morgan fingerprint density at radius 3 is 2.00 bits per heavy atom. The first-order valence-corrected chi connectivity index (χ1v) is 17.3. The molecule has 1 heterocycles. The van der Waals surface area contributed by atoms with Crippen LogP contribution in [0.4, 0.5) is 0 Å². The lowest BCUT2D eigenvalue weighted by Crippen LogP contribution is -2.60. The Morgan fingerprint density at radius 1 is 0.766 bits per heavy atom. The van der Waals surface area contributed by atoms with Gasteiger partial charge in [0.15, 0.2) is 0 Å². The van der Waals surface area contributed by atoms with E-state index in [1.54, 1.807) is 6.92 Å². The average molecular weight is 656 g/mol. The molecule has 3 rings (SSSR count). The molecule has 0 bridgehead atoms. The van der Waals surface area contributed by atoms with Gasteiger partial charge in [0.2, 0.25) is 23.5 Å². The molecule has 5 atom stereocenters. The number of rotatable bonds is 18. The van der Waals surface area contributed by atoms with E-state index in [1.807, 2.05) is 27.7 Å². The fraction of sp³-hybridized carbons (Fsp3) is 0.706. The van der Waals surface area contributed by atoms with Gasteiger partial charge in [-0.15, -0.1) is 0 Å². The van der Waals surface area contributed by atoms with Crippen LogP contribution in [0.15, 0.2) is 18.6 Å². The van der Waals surface area contributed by atoms with Crippen molar-refractivity contribution in [2.75, 3.05) is 0 Å². The molecule has 13 nitrogen and oxygen atoms in total. The zero-order valence-corrected chi connectivity index (χ0v) is 28.5. The smallest absolute Gasteiger partial charge is 0.289 e. The number of carbonyl (C=O) groups is 6. The maximum Gasteiger partial charge on any atom is 0.289 e. The predicted octanol–water partition coefficient (Wildman–Crippen LogP) is 2.35. The minimum atomic E-state index is -1.02. The molecule has 5 amide bonds. The van der Waals surface area contributed by atoms with Crippen LogP contribution in [0.25, 0.3) is 0 Å². The summed E-state index contributed by atoms with van der Waals surface area (Å²) in [5, 5.41) is 13.9. The monoisotopic (exact) mass is 655 g/mol. The topological polar surface area (TPSA) is 188 Å². The van der Waals surface area contributed by atoms with E-state index < -0.39 is 59.5 Å². The van der Waals surface area contributed by atoms with E-state index in [0.29, 0.717) is 19.3 Å². The van der Waals surface area contributed by atoms with Gasteiger partial charge in [-0.25, -0.2) is 4.98 Å². The van der Waals surface area contributed by atoms with Gasteiger partial charge < -0.3 is 26.6 Å². The summed E-state index contributed by atoms with van der Waals surface area (Å²) in [6.45, 7) is 9.29. The van der Waals surface area contributed by atoms with E-state index >= 15 is 0 Å². The van der Waals surface area contributed by atoms with Gasteiger partial charge in [0, 0.05) is 18.4 Å². The third-order valence-electron chi connectivity index (χ3n) is 9.02. The molecule has 1 aromatic heterocycles. The van der Waals surface area contributed by atoms with Crippen LogP contribution in [0.1, 0.15) is 116 Å². The molecule has 0 aliphatic heterocycles. The van der Waals surface area contributed by atoms with Crippen LogP contribution in [0.3, 0.4) is 0 Å². The number of Topliss-reactive ketones (excluding diaryl/α,β-unsaturated/α-hetero) is 1. The zero-order chi connectivity index (χ0) is 34.5. The normalized spacial score (nSPS) is 18.2. The summed E-state index contributed by atoms with van der Waals surface area (Å²) in [4.78, 5) is 87.3. The summed E-state index contributed by atoms with van der Waals surface area (Å²) >= 11 is 0. The first-order valence-electron chi connectivity index (χ1n) is 17.3. The molecule has 2 aliphatic carbocycles. The van der Waals surface area contributed by atoms with Gasteiger partial charge in [-0.05, 0) is 49.9 Å². The molecule has 47 heavy (non-hydrogen) atoms. The van der Waals surface area contributed by atoms with Crippen LogP contribution in [-0.4, -0.2) is 75.5 Å². The van der Waals surface area contributed by atoms with Crippen LogP contribution in [-0.2, 0) is 24.0 Å². The maximum absolute atomic E-state index is 13.9. The van der Waals surface area contributed by atoms with E-state index in [4.69, 9.17) is 0 Å². The number of hydrogen-bond acceptors (Lipinski definition) is 8. The largest absolute Gasteiger partial charge is 0.347 e. The fourth-order valence-corrected chi connectivity index (χ4v) is 5.82. The molecule has 13 heteroatoms. The highest BCUT2D eigenvalue weighted by Gasteiger charge is 2.36. The number of ketones is 1. The van der Waals surface area contributed by atoms with Crippen LogP contribution in [0.2, 0.25) is 0 Å². The molecule has 0 saturated heterocycles. The molecule has 0 aromatic carbocycles. The van der Waals surface area contributed by atoms with Crippen molar-refractivity contribution in [3.8, 4) is 0 Å². The first kappa shape index (κ1) is 37.6. The standard InChI is InChI=1S/C34H53N7O6/c1-6-21(5)28(41-31(44)25(17-20(3)4)39-32(45)27-19-35-15-16-36-27)33(46)40-26(18-22-11-9-8-10-12-22)30(43)38-24(7-2)29(42)34(47)37-23-13-14-23/h15-16,19-26,28H,6-14,17-18H2,1-5H3,(H,37,47)(H,38,43)(H,39,45)(H,40,46)(H,41,44)/t21?,24?,25-,26-,28-/m0/s1. The molecule has 5 N–H and O–H groups in total. The highest BCUT2D eigenvalue weighted by molar-refractivity contribution is 6.38. The van der Waals surface area contributed by atoms with Gasteiger partial charge in [-0.2, -0.15) is 0 Å². The second-order valence-corrected chi connectivity index (χ2v) is 13.5. The van der Waals surface area contributed by atoms with Crippen LogP contribution < -0.4 is 26.6 Å². The Bertz CT molecular complexity index is 1230. The minimum Gasteiger partial charge on any atom is -0.347 e. The predicted molar refractivity (Wildman–Crippen MR) is 176 cm³/mol. The van der Waals surface area contributed by atoms with Crippen molar-refractivity contribution in [1.82, 2.24) is 36.6 Å². The van der Waals surface area contributed by atoms with Crippen molar-refractivity contribution in [2.45, 2.75) is 135 Å². The summed E-state index contributed by atoms with van der Waals surface area (Å²) in [7, 11) is 0. The number of hydrogen-bond donors (Lipinski definition) is 5. The third-order valence-corrected chi connectivity index (χ3v) is 9.02. The highest BCUT2D eigenvalue weighted by atomic mass is 16.2. The molecule has 1 aromatic rings. The Balaban J connectivity index is 1.77. The summed E-state index contributed by atoms with van der Waals surface area (Å²) in [6, 6.07) is -3.92. The van der Waals surface area contributed by atoms with E-state index in [9.17, 15) is 28.8 Å². The molecule has 2 fully saturated rings. The molecule has 0 spiro atoms. The SMILES string of the molecule is CCC(NC(=O)[C@H](CC1CCCCC1)NC(=O)[C@@H](NC(=O)[C@H](CC(C)C)NC(=O)c1cnccn1)C(C)CC)C(=O)C(=O)NC1CC1. The van der Waals surface area contributed by atoms with Gasteiger partial charge in [-0.1, -0.05) is 73.1 Å². The Kier molecular flexibility index (Phi) is 14.7. The Labute approximate surface area is 278 Å². The number of carbonyl (C=O) groups excluding carboxylic acids is 6. The molecule has 260 valence electrons. The second kappa shape index (κ2) is 18.4. The first-order chi connectivity index (χ1) is 22.4. The summed E-state index contributed by atoms with van der Waals surface area (Å²) in [6.07, 6.45) is 12.3. The zero-order valence-electron chi connectivity index (χ0n) is 28.5. The second-order valence-electron chi connectivity index (χ2n) is 13.5. The van der Waals surface area contributed by atoms with Crippen molar-refractivity contribution in [2.24, 2.45) is 17.8 Å². The number of nitrogens with one attached hydrogen (secondary N) is 5. The van der Waals surface area contributed by atoms with Crippen LogP contribution in [0.5, 0.6) is 0 Å². The van der Waals surface area contributed by atoms with Gasteiger partial charge in [0.1, 0.15) is 23.8 Å². The molecular weight excluding hydrogens is 602 g/mol. The summed E-state index contributed by atoms with van der Waals surface area (Å²) in [5.74, 6) is -3.62. The van der Waals surface area contributed by atoms with E-state index in [0.717, 1.165) is 44.9 Å². The summed E-state index contributed by atoms with van der Waals surface area (Å²) in [5.41, 5.74) is 0.0655. The lowest BCUT2D eigenvalue weighted by atomic mass is 9.84. The quantitative estimate of drug-likeness (QED) is 0.149. The highest BCUT2D eigenvalue weighted by Crippen LogP contribution is 2.28. The number of nitrogens with zero attached hydrogens (tertiary/aromatic N) is 2. The summed E-state index contributed by atoms with van der Waals surface area (Å²) < 4.78 is 0. The molecule has 2 saturated carbocycles. The molecule has 2 unspecified atom stereocenters. The van der Waals surface area contributed by atoms with E-state index in [-0.39, 0.29) is 35.9 Å². The minimum absolute atomic E-state index is 0.00571. The molecule has 2 aliphatic rings. The molecular formula is C34H53N7O6. The van der Waals surface area contributed by atoms with Crippen LogP contribution in [0, 0.1) is 17.8 Å². The Hall–Kier alpha value is -3.90. The van der Waals surface area contributed by atoms with Gasteiger partial charge >= 0.3 is 0 Å². The average Bonchev–Trinajstić information content (AvgIpc) is 3.89. The molecule has 0 radical (unpaired) electrons. The fourth-order valence-electron chi connectivity index (χ4n) is 5.82. The van der Waals surface area contributed by atoms with Crippen molar-refractivity contribution in [1.29, 1.82) is 0 Å². The van der Waals surface area contributed by atoms with Crippen molar-refractivity contribution in [3.05, 3.63) is 24.3 Å². The number of aromatic nitrogens is 2. The lowest BCUT2D eigenvalue weighted by molar-refractivity contribution is -0.140. The lowest BCUT2D eigenvalue weighted by Gasteiger charge is -2.31. The van der Waals surface area contributed by atoms with E-state index in [1.165, 1.54) is 18.6 Å². The van der Waals surface area contributed by atoms with Crippen molar-refractivity contribution >= 4 is 35.3 Å². The number of amides is 5. The van der Waals surface area contributed by atoms with Gasteiger partial charge in [0.25, 0.3) is 11.8 Å². The van der Waals surface area contributed by atoms with E-state index in [2.05, 4.69) is 36.6 Å². The maximum atomic E-state index is 13.9. The van der Waals surface area contributed by atoms with Gasteiger partial charge in [0.05, 0.1) is 12.2 Å². The van der Waals surface area contributed by atoms with Crippen molar-refractivity contribution in [3.63, 3.8) is 0 Å². The van der Waals surface area contributed by atoms with Crippen LogP contribution >= 0.6 is 0 Å². The third kappa shape index (κ3) is 12.0.